The summed E-state index contributed by atoms with van der Waals surface area (Å²) in [5, 5.41) is 0. The van der Waals surface area contributed by atoms with Crippen molar-refractivity contribution < 1.29 is 0 Å². The van der Waals surface area contributed by atoms with Gasteiger partial charge in [-0.15, -0.1) is 6.07 Å². The minimum Gasteiger partial charge on any atom is -0.295 e. The predicted octanol–water partition coefficient (Wildman–Crippen LogP) is 4.99. The van der Waals surface area contributed by atoms with Crippen LogP contribution in [0, 0.1) is 19.9 Å². The number of rotatable bonds is 2. The highest BCUT2D eigenvalue weighted by Gasteiger charge is 2.07. The van der Waals surface area contributed by atoms with Crippen LogP contribution < -0.4 is 0 Å². The van der Waals surface area contributed by atoms with Crippen LogP contribution in [0.3, 0.4) is 0 Å². The van der Waals surface area contributed by atoms with Crippen LogP contribution in [-0.2, 0) is 0 Å². The van der Waals surface area contributed by atoms with Crippen LogP contribution >= 0.6 is 15.9 Å². The second kappa shape index (κ2) is 5.78. The zero-order valence-corrected chi connectivity index (χ0v) is 13.5. The molecule has 1 aromatic carbocycles. The zero-order valence-electron chi connectivity index (χ0n) is 11.9. The second-order valence-electron chi connectivity index (χ2n) is 4.87. The first kappa shape index (κ1) is 14.0. The molecule has 0 spiro atoms. The SMILES string of the molecule is Cc1c(-c2ccccn2)[c-]c(-c2ccccn2)c(C)c1Br. The molecular formula is C18H14BrN2-. The summed E-state index contributed by atoms with van der Waals surface area (Å²) in [5.74, 6) is 0. The topological polar surface area (TPSA) is 25.8 Å². The van der Waals surface area contributed by atoms with Gasteiger partial charge in [-0.3, -0.25) is 9.97 Å². The fourth-order valence-corrected chi connectivity index (χ4v) is 2.74. The molecule has 104 valence electrons. The molecule has 0 saturated heterocycles. The number of nitrogens with zero attached hydrogens (tertiary/aromatic N) is 2. The monoisotopic (exact) mass is 337 g/mol. The molecule has 0 atom stereocenters. The van der Waals surface area contributed by atoms with E-state index < -0.39 is 0 Å². The molecule has 3 rings (SSSR count). The first-order valence-electron chi connectivity index (χ1n) is 6.73. The highest BCUT2D eigenvalue weighted by atomic mass is 79.9. The summed E-state index contributed by atoms with van der Waals surface area (Å²) in [5.41, 5.74) is 6.15. The van der Waals surface area contributed by atoms with Gasteiger partial charge >= 0.3 is 0 Å². The zero-order chi connectivity index (χ0) is 14.8. The van der Waals surface area contributed by atoms with Crippen LogP contribution in [0.2, 0.25) is 0 Å². The minimum absolute atomic E-state index is 0.924. The number of pyridine rings is 2. The molecule has 2 nitrogen and oxygen atoms in total. The summed E-state index contributed by atoms with van der Waals surface area (Å²) < 4.78 is 1.09. The maximum absolute atomic E-state index is 4.44. The van der Waals surface area contributed by atoms with Crippen molar-refractivity contribution >= 4 is 15.9 Å². The van der Waals surface area contributed by atoms with Crippen LogP contribution in [0.5, 0.6) is 0 Å². The summed E-state index contributed by atoms with van der Waals surface area (Å²) in [6.07, 6.45) is 3.60. The first-order chi connectivity index (χ1) is 10.2. The van der Waals surface area contributed by atoms with Gasteiger partial charge in [0.25, 0.3) is 0 Å². The Morgan fingerprint density at radius 2 is 1.29 bits per heavy atom. The fraction of sp³-hybridized carbons (Fsp3) is 0.111. The Kier molecular flexibility index (Phi) is 3.84. The predicted molar refractivity (Wildman–Crippen MR) is 88.9 cm³/mol. The first-order valence-corrected chi connectivity index (χ1v) is 7.52. The number of hydrogen-bond donors (Lipinski definition) is 0. The quantitative estimate of drug-likeness (QED) is 0.615. The van der Waals surface area contributed by atoms with Gasteiger partial charge < -0.3 is 0 Å². The highest BCUT2D eigenvalue weighted by Crippen LogP contribution is 2.36. The Morgan fingerprint density at radius 3 is 1.67 bits per heavy atom. The third-order valence-electron chi connectivity index (χ3n) is 3.50. The fourth-order valence-electron chi connectivity index (χ4n) is 2.35. The summed E-state index contributed by atoms with van der Waals surface area (Å²) in [6.45, 7) is 4.17. The van der Waals surface area contributed by atoms with Gasteiger partial charge in [0.1, 0.15) is 0 Å². The lowest BCUT2D eigenvalue weighted by Gasteiger charge is -2.21. The van der Waals surface area contributed by atoms with E-state index in [4.69, 9.17) is 0 Å². The Labute approximate surface area is 133 Å². The molecule has 21 heavy (non-hydrogen) atoms. The lowest BCUT2D eigenvalue weighted by atomic mass is 9.95. The third kappa shape index (κ3) is 2.61. The van der Waals surface area contributed by atoms with Gasteiger partial charge in [0.05, 0.1) is 0 Å². The van der Waals surface area contributed by atoms with E-state index >= 15 is 0 Å². The van der Waals surface area contributed by atoms with Gasteiger partial charge in [-0.05, 0) is 16.6 Å². The summed E-state index contributed by atoms with van der Waals surface area (Å²) in [4.78, 5) is 8.89. The molecule has 0 N–H and O–H groups in total. The Bertz CT molecular complexity index is 704. The Balaban J connectivity index is 2.26. The van der Waals surface area contributed by atoms with Crippen LogP contribution in [0.4, 0.5) is 0 Å². The van der Waals surface area contributed by atoms with Crippen molar-refractivity contribution in [2.24, 2.45) is 0 Å². The van der Waals surface area contributed by atoms with Crippen LogP contribution in [-0.4, -0.2) is 9.97 Å². The van der Waals surface area contributed by atoms with Crippen molar-refractivity contribution in [2.75, 3.05) is 0 Å². The number of halogens is 1. The number of aromatic nitrogens is 2. The van der Waals surface area contributed by atoms with Gasteiger partial charge in [0.2, 0.25) is 0 Å². The molecular weight excluding hydrogens is 324 g/mol. The molecule has 3 heteroatoms. The van der Waals surface area contributed by atoms with Gasteiger partial charge in [0.15, 0.2) is 0 Å². The lowest BCUT2D eigenvalue weighted by Crippen LogP contribution is -1.95. The average Bonchev–Trinajstić information content (AvgIpc) is 2.55. The van der Waals surface area contributed by atoms with E-state index in [0.717, 1.165) is 38.1 Å². The molecule has 2 aromatic heterocycles. The van der Waals surface area contributed by atoms with Gasteiger partial charge in [-0.1, -0.05) is 76.3 Å². The van der Waals surface area contributed by atoms with Gasteiger partial charge in [0, 0.05) is 23.8 Å². The average molecular weight is 338 g/mol. The third-order valence-corrected chi connectivity index (χ3v) is 4.69. The molecule has 0 aliphatic carbocycles. The molecule has 0 bridgehead atoms. The van der Waals surface area contributed by atoms with Crippen molar-refractivity contribution in [3.05, 3.63) is 70.5 Å². The molecule has 0 aliphatic rings. The van der Waals surface area contributed by atoms with Crippen molar-refractivity contribution in [3.63, 3.8) is 0 Å². The minimum atomic E-state index is 0.924. The standard InChI is InChI=1S/C18H14BrN2/c1-12-14(16-7-3-5-9-20-16)11-15(13(2)18(12)19)17-8-4-6-10-21-17/h3-10H,1-2H3/q-1. The molecule has 0 fully saturated rings. The largest absolute Gasteiger partial charge is 0.295 e. The Morgan fingerprint density at radius 1 is 0.810 bits per heavy atom. The second-order valence-corrected chi connectivity index (χ2v) is 5.66. The molecule has 0 saturated carbocycles. The van der Waals surface area contributed by atoms with E-state index in [2.05, 4.69) is 45.8 Å². The number of hydrogen-bond acceptors (Lipinski definition) is 2. The number of benzene rings is 1. The maximum Gasteiger partial charge on any atom is 0.0183 e. The van der Waals surface area contributed by atoms with Gasteiger partial charge in [-0.25, -0.2) is 0 Å². The maximum atomic E-state index is 4.44. The lowest BCUT2D eigenvalue weighted by molar-refractivity contribution is 1.25. The summed E-state index contributed by atoms with van der Waals surface area (Å²) in [6, 6.07) is 15.3. The molecule has 0 aliphatic heterocycles. The van der Waals surface area contributed by atoms with Crippen molar-refractivity contribution in [3.8, 4) is 22.5 Å². The van der Waals surface area contributed by atoms with E-state index in [1.165, 1.54) is 0 Å². The van der Waals surface area contributed by atoms with Crippen LogP contribution in [0.1, 0.15) is 11.1 Å². The summed E-state index contributed by atoms with van der Waals surface area (Å²) >= 11 is 3.70. The molecule has 2 heterocycles. The Hall–Kier alpha value is -2.00. The van der Waals surface area contributed by atoms with E-state index in [0.29, 0.717) is 0 Å². The highest BCUT2D eigenvalue weighted by molar-refractivity contribution is 9.10. The van der Waals surface area contributed by atoms with E-state index in [1.807, 2.05) is 36.4 Å². The summed E-state index contributed by atoms with van der Waals surface area (Å²) in [7, 11) is 0. The van der Waals surface area contributed by atoms with Gasteiger partial charge in [-0.2, -0.15) is 0 Å². The van der Waals surface area contributed by atoms with E-state index in [9.17, 15) is 0 Å². The van der Waals surface area contributed by atoms with E-state index in [1.54, 1.807) is 12.4 Å². The van der Waals surface area contributed by atoms with Crippen LogP contribution in [0.25, 0.3) is 22.5 Å². The molecule has 3 aromatic rings. The normalized spacial score (nSPS) is 10.6. The van der Waals surface area contributed by atoms with Crippen LogP contribution in [0.15, 0.2) is 53.3 Å². The molecule has 0 amide bonds. The molecule has 0 radical (unpaired) electrons. The van der Waals surface area contributed by atoms with E-state index in [-0.39, 0.29) is 0 Å². The smallest absolute Gasteiger partial charge is 0.0183 e. The van der Waals surface area contributed by atoms with Crippen molar-refractivity contribution in [1.82, 2.24) is 9.97 Å². The van der Waals surface area contributed by atoms with Crippen molar-refractivity contribution in [2.45, 2.75) is 13.8 Å². The molecule has 0 unspecified atom stereocenters. The van der Waals surface area contributed by atoms with Crippen molar-refractivity contribution in [1.29, 1.82) is 0 Å².